The lowest BCUT2D eigenvalue weighted by atomic mass is 10.2. The molecular weight excluding hydrogens is 188 g/mol. The lowest BCUT2D eigenvalue weighted by Gasteiger charge is -2.00. The number of aromatic amines is 1. The summed E-state index contributed by atoms with van der Waals surface area (Å²) in [7, 11) is 0. The Morgan fingerprint density at radius 1 is 1.38 bits per heavy atom. The van der Waals surface area contributed by atoms with E-state index in [9.17, 15) is 5.11 Å². The van der Waals surface area contributed by atoms with E-state index >= 15 is 0 Å². The van der Waals surface area contributed by atoms with Gasteiger partial charge in [-0.15, -0.1) is 0 Å². The summed E-state index contributed by atoms with van der Waals surface area (Å²) in [5.41, 5.74) is 0.609. The van der Waals surface area contributed by atoms with E-state index in [-0.39, 0.29) is 5.75 Å². The molecule has 0 saturated heterocycles. The summed E-state index contributed by atoms with van der Waals surface area (Å²) in [6.07, 6.45) is 3.31. The van der Waals surface area contributed by atoms with Crippen molar-refractivity contribution in [1.29, 1.82) is 0 Å². The van der Waals surface area contributed by atoms with Gasteiger partial charge in [-0.3, -0.25) is 0 Å². The van der Waals surface area contributed by atoms with Crippen molar-refractivity contribution in [3.8, 4) is 17.1 Å². The minimum atomic E-state index is 0.166. The number of aromatic nitrogens is 2. The number of halogens is 1. The Morgan fingerprint density at radius 3 is 2.92 bits per heavy atom. The molecule has 2 aromatic rings. The van der Waals surface area contributed by atoms with Crippen LogP contribution in [-0.2, 0) is 0 Å². The fourth-order valence-corrected chi connectivity index (χ4v) is 1.28. The Morgan fingerprint density at radius 2 is 2.23 bits per heavy atom. The zero-order chi connectivity index (χ0) is 9.26. The van der Waals surface area contributed by atoms with E-state index in [0.29, 0.717) is 16.4 Å². The molecule has 0 saturated carbocycles. The molecule has 0 spiro atoms. The smallest absolute Gasteiger partial charge is 0.141 e. The van der Waals surface area contributed by atoms with Crippen LogP contribution in [-0.4, -0.2) is 15.1 Å². The summed E-state index contributed by atoms with van der Waals surface area (Å²) >= 11 is 5.78. The number of imidazole rings is 1. The van der Waals surface area contributed by atoms with E-state index in [4.69, 9.17) is 11.6 Å². The number of hydrogen-bond acceptors (Lipinski definition) is 2. The van der Waals surface area contributed by atoms with Crippen molar-refractivity contribution in [1.82, 2.24) is 9.97 Å². The predicted octanol–water partition coefficient (Wildman–Crippen LogP) is 2.44. The van der Waals surface area contributed by atoms with Crippen LogP contribution >= 0.6 is 11.6 Å². The number of rotatable bonds is 1. The fraction of sp³-hybridized carbons (Fsp3) is 0. The molecule has 0 fully saturated rings. The average molecular weight is 195 g/mol. The minimum Gasteiger partial charge on any atom is -0.507 e. The van der Waals surface area contributed by atoms with Crippen molar-refractivity contribution < 1.29 is 5.11 Å². The summed E-state index contributed by atoms with van der Waals surface area (Å²) in [6, 6.07) is 4.83. The van der Waals surface area contributed by atoms with Crippen molar-refractivity contribution in [3.05, 3.63) is 35.6 Å². The van der Waals surface area contributed by atoms with E-state index in [2.05, 4.69) is 9.97 Å². The fourth-order valence-electron chi connectivity index (χ4n) is 1.11. The van der Waals surface area contributed by atoms with Crippen LogP contribution < -0.4 is 0 Å². The monoisotopic (exact) mass is 194 g/mol. The Labute approximate surface area is 80.0 Å². The van der Waals surface area contributed by atoms with E-state index in [0.717, 1.165) is 0 Å². The van der Waals surface area contributed by atoms with Crippen molar-refractivity contribution in [2.45, 2.75) is 0 Å². The van der Waals surface area contributed by atoms with Gasteiger partial charge in [0.25, 0.3) is 0 Å². The average Bonchev–Trinajstić information content (AvgIpc) is 2.61. The van der Waals surface area contributed by atoms with Crippen molar-refractivity contribution >= 4 is 11.6 Å². The zero-order valence-corrected chi connectivity index (χ0v) is 7.42. The van der Waals surface area contributed by atoms with Crippen LogP contribution in [0.4, 0.5) is 0 Å². The molecule has 3 nitrogen and oxygen atoms in total. The number of benzene rings is 1. The van der Waals surface area contributed by atoms with Crippen LogP contribution in [0.25, 0.3) is 11.4 Å². The molecule has 0 radical (unpaired) electrons. The summed E-state index contributed by atoms with van der Waals surface area (Å²) in [5, 5.41) is 10.1. The largest absolute Gasteiger partial charge is 0.507 e. The number of phenols is 1. The topological polar surface area (TPSA) is 48.9 Å². The highest BCUT2D eigenvalue weighted by Crippen LogP contribution is 2.28. The highest BCUT2D eigenvalue weighted by Gasteiger charge is 2.06. The first-order chi connectivity index (χ1) is 6.27. The molecule has 0 aliphatic carbocycles. The van der Waals surface area contributed by atoms with Gasteiger partial charge in [0.15, 0.2) is 0 Å². The van der Waals surface area contributed by atoms with E-state index in [1.807, 2.05) is 0 Å². The SMILES string of the molecule is Oc1ccc(Cl)cc1-c1ncc[nH]1. The summed E-state index contributed by atoms with van der Waals surface area (Å²) in [6.45, 7) is 0. The molecule has 66 valence electrons. The number of hydrogen-bond donors (Lipinski definition) is 2. The zero-order valence-electron chi connectivity index (χ0n) is 6.66. The highest BCUT2D eigenvalue weighted by molar-refractivity contribution is 6.30. The highest BCUT2D eigenvalue weighted by atomic mass is 35.5. The van der Waals surface area contributed by atoms with Crippen LogP contribution in [0.2, 0.25) is 5.02 Å². The molecule has 4 heteroatoms. The minimum absolute atomic E-state index is 0.166. The summed E-state index contributed by atoms with van der Waals surface area (Å²) < 4.78 is 0. The summed E-state index contributed by atoms with van der Waals surface area (Å²) in [4.78, 5) is 6.91. The predicted molar refractivity (Wildman–Crippen MR) is 50.7 cm³/mol. The maximum Gasteiger partial charge on any atom is 0.141 e. The molecule has 0 aliphatic heterocycles. The summed E-state index contributed by atoms with van der Waals surface area (Å²) in [5.74, 6) is 0.777. The van der Waals surface area contributed by atoms with Gasteiger partial charge >= 0.3 is 0 Å². The molecule has 0 bridgehead atoms. The van der Waals surface area contributed by atoms with Crippen molar-refractivity contribution in [2.24, 2.45) is 0 Å². The standard InChI is InChI=1S/C9H7ClN2O/c10-6-1-2-8(13)7(5-6)9-11-3-4-12-9/h1-5,13H,(H,11,12). The number of H-pyrrole nitrogens is 1. The molecular formula is C9H7ClN2O. The molecule has 0 aliphatic rings. The normalized spacial score (nSPS) is 10.2. The van der Waals surface area contributed by atoms with Gasteiger partial charge in [-0.1, -0.05) is 11.6 Å². The first-order valence-electron chi connectivity index (χ1n) is 3.75. The van der Waals surface area contributed by atoms with E-state index in [1.54, 1.807) is 30.6 Å². The van der Waals surface area contributed by atoms with Gasteiger partial charge in [0.05, 0.1) is 5.56 Å². The third kappa shape index (κ3) is 1.51. The van der Waals surface area contributed by atoms with Gasteiger partial charge in [0.2, 0.25) is 0 Å². The number of aromatic hydroxyl groups is 1. The Balaban J connectivity index is 2.57. The second-order valence-corrected chi connectivity index (χ2v) is 3.04. The molecule has 1 aromatic carbocycles. The van der Waals surface area contributed by atoms with Crippen LogP contribution in [0.5, 0.6) is 5.75 Å². The van der Waals surface area contributed by atoms with Gasteiger partial charge in [0, 0.05) is 17.4 Å². The van der Waals surface area contributed by atoms with E-state index < -0.39 is 0 Å². The van der Waals surface area contributed by atoms with Crippen molar-refractivity contribution in [2.75, 3.05) is 0 Å². The van der Waals surface area contributed by atoms with Gasteiger partial charge in [0.1, 0.15) is 11.6 Å². The van der Waals surface area contributed by atoms with Gasteiger partial charge in [-0.2, -0.15) is 0 Å². The van der Waals surface area contributed by atoms with Crippen LogP contribution in [0.1, 0.15) is 0 Å². The quantitative estimate of drug-likeness (QED) is 0.733. The Kier molecular flexibility index (Phi) is 1.94. The molecule has 0 unspecified atom stereocenters. The lowest BCUT2D eigenvalue weighted by molar-refractivity contribution is 0.477. The van der Waals surface area contributed by atoms with E-state index in [1.165, 1.54) is 0 Å². The Hall–Kier alpha value is -1.48. The molecule has 2 N–H and O–H groups in total. The number of nitrogens with zero attached hydrogens (tertiary/aromatic N) is 1. The maximum absolute atomic E-state index is 9.49. The van der Waals surface area contributed by atoms with Crippen molar-refractivity contribution in [3.63, 3.8) is 0 Å². The van der Waals surface area contributed by atoms with Crippen LogP contribution in [0.3, 0.4) is 0 Å². The van der Waals surface area contributed by atoms with Gasteiger partial charge in [-0.25, -0.2) is 4.98 Å². The molecule has 2 rings (SSSR count). The third-order valence-corrected chi connectivity index (χ3v) is 1.95. The third-order valence-electron chi connectivity index (χ3n) is 1.71. The van der Waals surface area contributed by atoms with Gasteiger partial charge in [-0.05, 0) is 18.2 Å². The molecule has 13 heavy (non-hydrogen) atoms. The first-order valence-corrected chi connectivity index (χ1v) is 4.13. The molecule has 1 heterocycles. The van der Waals surface area contributed by atoms with Crippen LogP contribution in [0.15, 0.2) is 30.6 Å². The van der Waals surface area contributed by atoms with Gasteiger partial charge < -0.3 is 10.1 Å². The lowest BCUT2D eigenvalue weighted by Crippen LogP contribution is -1.81. The molecule has 0 amide bonds. The first kappa shape index (κ1) is 8.13. The number of nitrogens with one attached hydrogen (secondary N) is 1. The molecule has 0 atom stereocenters. The number of phenolic OH excluding ortho intramolecular Hbond substituents is 1. The second kappa shape index (κ2) is 3.11. The molecule has 1 aromatic heterocycles. The second-order valence-electron chi connectivity index (χ2n) is 2.60. The maximum atomic E-state index is 9.49. The van der Waals surface area contributed by atoms with Crippen LogP contribution in [0, 0.1) is 0 Å². The Bertz CT molecular complexity index is 412.